The number of hydrogen-bond acceptors (Lipinski definition) is 3. The Kier molecular flexibility index (Phi) is 5.44. The van der Waals surface area contributed by atoms with Gasteiger partial charge in [-0.05, 0) is 36.2 Å². The van der Waals surface area contributed by atoms with Gasteiger partial charge in [-0.15, -0.1) is 0 Å². The molecular formula is C22H20ClN5O. The van der Waals surface area contributed by atoms with Crippen LogP contribution in [-0.4, -0.2) is 25.5 Å². The molecule has 0 spiro atoms. The zero-order chi connectivity index (χ0) is 20.2. The Morgan fingerprint density at radius 3 is 2.48 bits per heavy atom. The number of benzene rings is 2. The molecule has 0 aliphatic carbocycles. The maximum absolute atomic E-state index is 12.9. The quantitative estimate of drug-likeness (QED) is 0.527. The van der Waals surface area contributed by atoms with Gasteiger partial charge in [0.25, 0.3) is 5.91 Å². The first-order chi connectivity index (χ1) is 14.1. The molecule has 2 heterocycles. The zero-order valence-electron chi connectivity index (χ0n) is 15.9. The van der Waals surface area contributed by atoms with E-state index < -0.39 is 0 Å². The van der Waals surface area contributed by atoms with Crippen molar-refractivity contribution in [2.75, 3.05) is 0 Å². The summed E-state index contributed by atoms with van der Waals surface area (Å²) in [5.41, 5.74) is 3.91. The molecule has 4 aromatic rings. The van der Waals surface area contributed by atoms with Gasteiger partial charge in [-0.2, -0.15) is 10.2 Å². The number of amides is 1. The minimum atomic E-state index is -0.247. The SMILES string of the molecule is Cc1nn(-c2ccccc2)c(Cl)c1C(=O)NCc1ccccc1Cn1cccn1. The second kappa shape index (κ2) is 8.32. The number of nitrogens with zero attached hydrogens (tertiary/aromatic N) is 4. The molecule has 0 unspecified atom stereocenters. The summed E-state index contributed by atoms with van der Waals surface area (Å²) < 4.78 is 3.43. The predicted molar refractivity (Wildman–Crippen MR) is 112 cm³/mol. The Morgan fingerprint density at radius 1 is 1.03 bits per heavy atom. The van der Waals surface area contributed by atoms with Crippen molar-refractivity contribution in [3.8, 4) is 5.69 Å². The smallest absolute Gasteiger partial charge is 0.256 e. The van der Waals surface area contributed by atoms with Crippen molar-refractivity contribution in [3.05, 3.63) is 101 Å². The van der Waals surface area contributed by atoms with Gasteiger partial charge in [-0.3, -0.25) is 9.48 Å². The third kappa shape index (κ3) is 4.07. The van der Waals surface area contributed by atoms with Gasteiger partial charge >= 0.3 is 0 Å². The monoisotopic (exact) mass is 405 g/mol. The molecule has 0 radical (unpaired) electrons. The van der Waals surface area contributed by atoms with Crippen LogP contribution in [0.4, 0.5) is 0 Å². The fourth-order valence-electron chi connectivity index (χ4n) is 3.21. The highest BCUT2D eigenvalue weighted by molar-refractivity contribution is 6.33. The summed E-state index contributed by atoms with van der Waals surface area (Å²) in [4.78, 5) is 12.9. The number of aryl methyl sites for hydroxylation is 1. The van der Waals surface area contributed by atoms with E-state index in [1.165, 1.54) is 0 Å². The number of halogens is 1. The van der Waals surface area contributed by atoms with Gasteiger partial charge in [0.2, 0.25) is 0 Å². The van der Waals surface area contributed by atoms with Gasteiger partial charge in [-0.25, -0.2) is 4.68 Å². The van der Waals surface area contributed by atoms with Gasteiger partial charge < -0.3 is 5.32 Å². The first-order valence-corrected chi connectivity index (χ1v) is 9.64. The predicted octanol–water partition coefficient (Wildman–Crippen LogP) is 4.01. The Bertz CT molecular complexity index is 1120. The topological polar surface area (TPSA) is 64.7 Å². The number of aromatic nitrogens is 4. The van der Waals surface area contributed by atoms with E-state index in [1.807, 2.05) is 71.5 Å². The maximum atomic E-state index is 12.9. The second-order valence-electron chi connectivity index (χ2n) is 6.65. The highest BCUT2D eigenvalue weighted by Gasteiger charge is 2.21. The zero-order valence-corrected chi connectivity index (χ0v) is 16.7. The molecule has 7 heteroatoms. The van der Waals surface area contributed by atoms with Gasteiger partial charge in [-0.1, -0.05) is 54.1 Å². The number of carbonyl (C=O) groups is 1. The largest absolute Gasteiger partial charge is 0.348 e. The summed E-state index contributed by atoms with van der Waals surface area (Å²) in [6, 6.07) is 19.4. The number of rotatable bonds is 6. The summed E-state index contributed by atoms with van der Waals surface area (Å²) in [5.74, 6) is -0.247. The molecule has 0 atom stereocenters. The van der Waals surface area contributed by atoms with Crippen LogP contribution < -0.4 is 5.32 Å². The molecule has 0 fully saturated rings. The van der Waals surface area contributed by atoms with E-state index in [4.69, 9.17) is 11.6 Å². The van der Waals surface area contributed by atoms with Crippen LogP contribution in [0.2, 0.25) is 5.15 Å². The lowest BCUT2D eigenvalue weighted by Crippen LogP contribution is -2.24. The Balaban J connectivity index is 1.52. The molecule has 4 rings (SSSR count). The normalized spacial score (nSPS) is 10.8. The number of hydrogen-bond donors (Lipinski definition) is 1. The van der Waals surface area contributed by atoms with Crippen LogP contribution in [0.15, 0.2) is 73.1 Å². The van der Waals surface area contributed by atoms with Gasteiger partial charge in [0.05, 0.1) is 23.5 Å². The van der Waals surface area contributed by atoms with Crippen molar-refractivity contribution in [1.29, 1.82) is 0 Å². The summed E-state index contributed by atoms with van der Waals surface area (Å²) in [5, 5.41) is 12.0. The molecule has 0 saturated heterocycles. The molecule has 146 valence electrons. The summed E-state index contributed by atoms with van der Waals surface area (Å²) in [7, 11) is 0. The first-order valence-electron chi connectivity index (χ1n) is 9.26. The lowest BCUT2D eigenvalue weighted by molar-refractivity contribution is 0.0950. The van der Waals surface area contributed by atoms with E-state index in [1.54, 1.807) is 17.8 Å². The van der Waals surface area contributed by atoms with Crippen LogP contribution in [0.5, 0.6) is 0 Å². The standard InChI is InChI=1S/C22H20ClN5O/c1-16-20(21(23)28(26-16)19-10-3-2-4-11-19)22(29)24-14-17-8-5-6-9-18(17)15-27-13-7-12-25-27/h2-13H,14-15H2,1H3,(H,24,29). The fraction of sp³-hybridized carbons (Fsp3) is 0.136. The molecule has 1 amide bonds. The maximum Gasteiger partial charge on any atom is 0.256 e. The van der Waals surface area contributed by atoms with Crippen molar-refractivity contribution in [2.45, 2.75) is 20.0 Å². The lowest BCUT2D eigenvalue weighted by Gasteiger charge is -2.11. The van der Waals surface area contributed by atoms with Crippen molar-refractivity contribution in [2.24, 2.45) is 0 Å². The molecule has 29 heavy (non-hydrogen) atoms. The molecule has 0 aliphatic heterocycles. The third-order valence-corrected chi connectivity index (χ3v) is 5.03. The first kappa shape index (κ1) is 19.0. The molecule has 6 nitrogen and oxygen atoms in total. The minimum Gasteiger partial charge on any atom is -0.348 e. The molecule has 1 N–H and O–H groups in total. The van der Waals surface area contributed by atoms with E-state index in [2.05, 4.69) is 15.5 Å². The fourth-order valence-corrected chi connectivity index (χ4v) is 3.57. The average molecular weight is 406 g/mol. The minimum absolute atomic E-state index is 0.247. The van der Waals surface area contributed by atoms with Crippen molar-refractivity contribution in [3.63, 3.8) is 0 Å². The lowest BCUT2D eigenvalue weighted by atomic mass is 10.1. The highest BCUT2D eigenvalue weighted by Crippen LogP contribution is 2.23. The van der Waals surface area contributed by atoms with E-state index in [0.717, 1.165) is 16.8 Å². The Labute approximate surface area is 173 Å². The number of nitrogens with one attached hydrogen (secondary N) is 1. The molecule has 2 aromatic carbocycles. The van der Waals surface area contributed by atoms with Crippen LogP contribution in [0.1, 0.15) is 27.2 Å². The third-order valence-electron chi connectivity index (χ3n) is 4.68. The van der Waals surface area contributed by atoms with E-state index in [-0.39, 0.29) is 5.91 Å². The number of carbonyl (C=O) groups excluding carboxylic acids is 1. The van der Waals surface area contributed by atoms with Crippen LogP contribution in [-0.2, 0) is 13.1 Å². The van der Waals surface area contributed by atoms with Gasteiger partial charge in [0.15, 0.2) is 0 Å². The summed E-state index contributed by atoms with van der Waals surface area (Å²) in [6.07, 6.45) is 3.66. The summed E-state index contributed by atoms with van der Waals surface area (Å²) >= 11 is 6.49. The average Bonchev–Trinajstić information content (AvgIpc) is 3.35. The van der Waals surface area contributed by atoms with E-state index in [9.17, 15) is 4.79 Å². The molecule has 0 bridgehead atoms. The van der Waals surface area contributed by atoms with Gasteiger partial charge in [0, 0.05) is 18.9 Å². The van der Waals surface area contributed by atoms with Crippen LogP contribution >= 0.6 is 11.6 Å². The van der Waals surface area contributed by atoms with Crippen LogP contribution in [0, 0.1) is 6.92 Å². The number of para-hydroxylation sites is 1. The molecule has 0 aliphatic rings. The van der Waals surface area contributed by atoms with E-state index in [0.29, 0.717) is 29.5 Å². The van der Waals surface area contributed by atoms with Crippen LogP contribution in [0.25, 0.3) is 5.69 Å². The Hall–Kier alpha value is -3.38. The van der Waals surface area contributed by atoms with Crippen molar-refractivity contribution < 1.29 is 4.79 Å². The molecule has 2 aromatic heterocycles. The van der Waals surface area contributed by atoms with Gasteiger partial charge in [0.1, 0.15) is 5.15 Å². The van der Waals surface area contributed by atoms with Crippen LogP contribution in [0.3, 0.4) is 0 Å². The molecule has 0 saturated carbocycles. The molecular weight excluding hydrogens is 386 g/mol. The van der Waals surface area contributed by atoms with E-state index >= 15 is 0 Å². The Morgan fingerprint density at radius 2 is 1.76 bits per heavy atom. The summed E-state index contributed by atoms with van der Waals surface area (Å²) in [6.45, 7) is 2.82. The van der Waals surface area contributed by atoms with Crippen molar-refractivity contribution in [1.82, 2.24) is 24.9 Å². The highest BCUT2D eigenvalue weighted by atomic mass is 35.5. The second-order valence-corrected chi connectivity index (χ2v) is 7.01. The van der Waals surface area contributed by atoms with Crippen molar-refractivity contribution >= 4 is 17.5 Å².